The van der Waals surface area contributed by atoms with Gasteiger partial charge in [0.2, 0.25) is 0 Å². The third kappa shape index (κ3) is 1.26. The Morgan fingerprint density at radius 3 is 2.38 bits per heavy atom. The molecule has 0 aliphatic heterocycles. The Kier molecular flexibility index (Phi) is 2.01. The molecule has 0 unspecified atom stereocenters. The highest BCUT2D eigenvalue weighted by Gasteiger charge is 2.35. The fourth-order valence-corrected chi connectivity index (χ4v) is 2.54. The van der Waals surface area contributed by atoms with Crippen LogP contribution < -0.4 is 5.73 Å². The average molecular weight is 215 g/mol. The SMILES string of the molecule is NC1(c2cccc3cccc(F)c23)CCC1. The van der Waals surface area contributed by atoms with Gasteiger partial charge in [0.1, 0.15) is 5.82 Å². The van der Waals surface area contributed by atoms with Crippen molar-refractivity contribution in [3.8, 4) is 0 Å². The van der Waals surface area contributed by atoms with Gasteiger partial charge in [-0.05, 0) is 36.3 Å². The molecule has 1 aliphatic carbocycles. The third-order valence-corrected chi connectivity index (χ3v) is 3.64. The van der Waals surface area contributed by atoms with Crippen molar-refractivity contribution in [1.82, 2.24) is 0 Å². The number of halogens is 1. The molecular weight excluding hydrogens is 201 g/mol. The van der Waals surface area contributed by atoms with Crippen LogP contribution in [0.5, 0.6) is 0 Å². The highest BCUT2D eigenvalue weighted by Crippen LogP contribution is 2.42. The Balaban J connectivity index is 2.32. The number of hydrogen-bond acceptors (Lipinski definition) is 1. The van der Waals surface area contributed by atoms with Crippen molar-refractivity contribution in [3.05, 3.63) is 47.8 Å². The average Bonchev–Trinajstić information content (AvgIpc) is 2.26. The fourth-order valence-electron chi connectivity index (χ4n) is 2.54. The van der Waals surface area contributed by atoms with Gasteiger partial charge in [0.05, 0.1) is 0 Å². The van der Waals surface area contributed by atoms with Crippen molar-refractivity contribution >= 4 is 10.8 Å². The molecule has 0 bridgehead atoms. The van der Waals surface area contributed by atoms with Gasteiger partial charge < -0.3 is 5.73 Å². The Morgan fingerprint density at radius 2 is 1.75 bits per heavy atom. The van der Waals surface area contributed by atoms with Gasteiger partial charge in [0.25, 0.3) is 0 Å². The molecular formula is C14H14FN. The summed E-state index contributed by atoms with van der Waals surface area (Å²) in [6.07, 6.45) is 3.06. The molecule has 2 aromatic carbocycles. The Morgan fingerprint density at radius 1 is 1.06 bits per heavy atom. The van der Waals surface area contributed by atoms with Crippen LogP contribution in [-0.4, -0.2) is 0 Å². The van der Waals surface area contributed by atoms with E-state index >= 15 is 0 Å². The van der Waals surface area contributed by atoms with Crippen LogP contribution in [0, 0.1) is 5.82 Å². The standard InChI is InChI=1S/C14H14FN/c15-12-7-2-5-10-4-1-6-11(13(10)12)14(16)8-3-9-14/h1-2,4-7H,3,8-9,16H2. The smallest absolute Gasteiger partial charge is 0.131 e. The summed E-state index contributed by atoms with van der Waals surface area (Å²) in [5.41, 5.74) is 6.96. The molecule has 1 saturated carbocycles. The lowest BCUT2D eigenvalue weighted by atomic mass is 9.71. The predicted octanol–water partition coefficient (Wildman–Crippen LogP) is 3.32. The minimum absolute atomic E-state index is 0.162. The zero-order valence-corrected chi connectivity index (χ0v) is 9.04. The van der Waals surface area contributed by atoms with Crippen molar-refractivity contribution in [3.63, 3.8) is 0 Å². The first kappa shape index (κ1) is 9.79. The maximum Gasteiger partial charge on any atom is 0.131 e. The van der Waals surface area contributed by atoms with E-state index in [1.54, 1.807) is 6.07 Å². The molecule has 3 rings (SSSR count). The zero-order chi connectivity index (χ0) is 11.2. The minimum Gasteiger partial charge on any atom is -0.321 e. The summed E-state index contributed by atoms with van der Waals surface area (Å²) in [4.78, 5) is 0. The van der Waals surface area contributed by atoms with Crippen LogP contribution in [0.25, 0.3) is 10.8 Å². The second-order valence-electron chi connectivity index (χ2n) is 4.65. The molecule has 82 valence electrons. The quantitative estimate of drug-likeness (QED) is 0.776. The monoisotopic (exact) mass is 215 g/mol. The summed E-state index contributed by atoms with van der Waals surface area (Å²) in [6.45, 7) is 0. The van der Waals surface area contributed by atoms with Gasteiger partial charge in [-0.25, -0.2) is 4.39 Å². The molecule has 0 spiro atoms. The largest absolute Gasteiger partial charge is 0.321 e. The molecule has 0 aromatic heterocycles. The Hall–Kier alpha value is -1.41. The Labute approximate surface area is 94.1 Å². The van der Waals surface area contributed by atoms with Crippen LogP contribution >= 0.6 is 0 Å². The van der Waals surface area contributed by atoms with Crippen LogP contribution in [0.15, 0.2) is 36.4 Å². The van der Waals surface area contributed by atoms with Gasteiger partial charge >= 0.3 is 0 Å². The molecule has 0 radical (unpaired) electrons. The first-order valence-electron chi connectivity index (χ1n) is 5.67. The van der Waals surface area contributed by atoms with E-state index in [0.29, 0.717) is 5.39 Å². The number of nitrogens with two attached hydrogens (primary N) is 1. The van der Waals surface area contributed by atoms with Gasteiger partial charge in [-0.2, -0.15) is 0 Å². The summed E-state index contributed by atoms with van der Waals surface area (Å²) in [5, 5.41) is 1.64. The van der Waals surface area contributed by atoms with E-state index in [2.05, 4.69) is 0 Å². The summed E-state index contributed by atoms with van der Waals surface area (Å²) in [7, 11) is 0. The summed E-state index contributed by atoms with van der Waals surface area (Å²) in [6, 6.07) is 11.0. The van der Waals surface area contributed by atoms with Gasteiger partial charge in [-0.15, -0.1) is 0 Å². The number of fused-ring (bicyclic) bond motifs is 1. The molecule has 16 heavy (non-hydrogen) atoms. The van der Waals surface area contributed by atoms with Gasteiger partial charge in [0, 0.05) is 10.9 Å². The maximum absolute atomic E-state index is 13.9. The number of hydrogen-bond donors (Lipinski definition) is 1. The first-order chi connectivity index (χ1) is 7.71. The summed E-state index contributed by atoms with van der Waals surface area (Å²) >= 11 is 0. The van der Waals surface area contributed by atoms with Crippen molar-refractivity contribution in [2.24, 2.45) is 5.73 Å². The topological polar surface area (TPSA) is 26.0 Å². The molecule has 1 aliphatic rings. The van der Waals surface area contributed by atoms with Gasteiger partial charge in [-0.1, -0.05) is 30.3 Å². The Bertz CT molecular complexity index is 538. The molecule has 2 N–H and O–H groups in total. The molecule has 2 aromatic rings. The van der Waals surface area contributed by atoms with Crippen LogP contribution in [-0.2, 0) is 5.54 Å². The number of rotatable bonds is 1. The van der Waals surface area contributed by atoms with E-state index in [-0.39, 0.29) is 11.4 Å². The van der Waals surface area contributed by atoms with Crippen LogP contribution in [0.3, 0.4) is 0 Å². The van der Waals surface area contributed by atoms with Crippen LogP contribution in [0.4, 0.5) is 4.39 Å². The van der Waals surface area contributed by atoms with Gasteiger partial charge in [-0.3, -0.25) is 0 Å². The van der Waals surface area contributed by atoms with Crippen molar-refractivity contribution in [2.75, 3.05) is 0 Å². The molecule has 0 amide bonds. The zero-order valence-electron chi connectivity index (χ0n) is 9.04. The molecule has 0 saturated heterocycles. The minimum atomic E-state index is -0.304. The van der Waals surface area contributed by atoms with E-state index in [1.807, 2.05) is 24.3 Å². The van der Waals surface area contributed by atoms with Crippen molar-refractivity contribution in [2.45, 2.75) is 24.8 Å². The first-order valence-corrected chi connectivity index (χ1v) is 5.67. The van der Waals surface area contributed by atoms with E-state index in [1.165, 1.54) is 6.07 Å². The van der Waals surface area contributed by atoms with E-state index in [4.69, 9.17) is 5.73 Å². The molecule has 1 nitrogen and oxygen atoms in total. The van der Waals surface area contributed by atoms with Crippen LogP contribution in [0.1, 0.15) is 24.8 Å². The van der Waals surface area contributed by atoms with Crippen molar-refractivity contribution < 1.29 is 4.39 Å². The lowest BCUT2D eigenvalue weighted by molar-refractivity contribution is 0.255. The maximum atomic E-state index is 13.9. The number of benzene rings is 2. The predicted molar refractivity (Wildman–Crippen MR) is 63.6 cm³/mol. The summed E-state index contributed by atoms with van der Waals surface area (Å²) in [5.74, 6) is -0.162. The molecule has 0 atom stereocenters. The lowest BCUT2D eigenvalue weighted by Gasteiger charge is -2.39. The molecule has 0 heterocycles. The van der Waals surface area contributed by atoms with Crippen LogP contribution in [0.2, 0.25) is 0 Å². The van der Waals surface area contributed by atoms with Crippen molar-refractivity contribution in [1.29, 1.82) is 0 Å². The summed E-state index contributed by atoms with van der Waals surface area (Å²) < 4.78 is 13.9. The van der Waals surface area contributed by atoms with E-state index in [9.17, 15) is 4.39 Å². The normalized spacial score (nSPS) is 18.4. The fraction of sp³-hybridized carbons (Fsp3) is 0.286. The highest BCUT2D eigenvalue weighted by molar-refractivity contribution is 5.87. The second kappa shape index (κ2) is 3.29. The molecule has 1 fully saturated rings. The lowest BCUT2D eigenvalue weighted by Crippen LogP contribution is -2.43. The van der Waals surface area contributed by atoms with E-state index in [0.717, 1.165) is 30.2 Å². The third-order valence-electron chi connectivity index (χ3n) is 3.64. The van der Waals surface area contributed by atoms with Gasteiger partial charge in [0.15, 0.2) is 0 Å². The highest BCUT2D eigenvalue weighted by atomic mass is 19.1. The molecule has 2 heteroatoms. The van der Waals surface area contributed by atoms with E-state index < -0.39 is 0 Å². The second-order valence-corrected chi connectivity index (χ2v) is 4.65.